The minimum Gasteiger partial charge on any atom is -0.339 e. The molecule has 1 amide bonds. The summed E-state index contributed by atoms with van der Waals surface area (Å²) in [6.07, 6.45) is 2.92. The van der Waals surface area contributed by atoms with Crippen LogP contribution in [0.15, 0.2) is 12.3 Å². The maximum absolute atomic E-state index is 13.4. The number of hydrogen-bond acceptors (Lipinski definition) is 2. The van der Waals surface area contributed by atoms with Crippen LogP contribution in [-0.2, 0) is 0 Å². The van der Waals surface area contributed by atoms with Crippen LogP contribution in [-0.4, -0.2) is 28.9 Å². The molecule has 0 aromatic carbocycles. The van der Waals surface area contributed by atoms with Crippen LogP contribution in [0.25, 0.3) is 0 Å². The highest BCUT2D eigenvalue weighted by Gasteiger charge is 2.24. The summed E-state index contributed by atoms with van der Waals surface area (Å²) < 4.78 is 26.3. The predicted octanol–water partition coefficient (Wildman–Crippen LogP) is 2.23. The van der Waals surface area contributed by atoms with Crippen molar-refractivity contribution in [3.8, 4) is 0 Å². The average Bonchev–Trinajstić information content (AvgIpc) is 2.33. The molecule has 0 unspecified atom stereocenters. The second-order valence-corrected chi connectivity index (χ2v) is 4.44. The van der Waals surface area contributed by atoms with Crippen molar-refractivity contribution < 1.29 is 13.6 Å². The lowest BCUT2D eigenvalue weighted by atomic mass is 9.99. The molecule has 1 fully saturated rings. The van der Waals surface area contributed by atoms with Crippen LogP contribution in [0.3, 0.4) is 0 Å². The van der Waals surface area contributed by atoms with Crippen molar-refractivity contribution in [1.29, 1.82) is 0 Å². The van der Waals surface area contributed by atoms with E-state index in [2.05, 4.69) is 11.9 Å². The maximum atomic E-state index is 13.4. The van der Waals surface area contributed by atoms with Gasteiger partial charge in [-0.3, -0.25) is 4.79 Å². The highest BCUT2D eigenvalue weighted by Crippen LogP contribution is 2.19. The number of amides is 1. The average molecular weight is 240 g/mol. The molecule has 0 spiro atoms. The lowest BCUT2D eigenvalue weighted by Gasteiger charge is -2.30. The number of piperidine rings is 1. The van der Waals surface area contributed by atoms with Crippen molar-refractivity contribution in [2.24, 2.45) is 5.92 Å². The molecule has 2 rings (SSSR count). The number of carbonyl (C=O) groups is 1. The summed E-state index contributed by atoms with van der Waals surface area (Å²) in [4.78, 5) is 16.7. The van der Waals surface area contributed by atoms with Crippen LogP contribution in [0.4, 0.5) is 8.78 Å². The van der Waals surface area contributed by atoms with E-state index in [1.54, 1.807) is 4.90 Å². The van der Waals surface area contributed by atoms with E-state index < -0.39 is 17.7 Å². The summed E-state index contributed by atoms with van der Waals surface area (Å²) in [5.74, 6) is -2.24. The Kier molecular flexibility index (Phi) is 3.36. The van der Waals surface area contributed by atoms with Crippen LogP contribution in [0.1, 0.15) is 30.1 Å². The summed E-state index contributed by atoms with van der Waals surface area (Å²) in [5.41, 5.74) is -0.230. The van der Waals surface area contributed by atoms with E-state index in [9.17, 15) is 13.6 Å². The second kappa shape index (κ2) is 4.77. The fraction of sp³-hybridized carbons (Fsp3) is 0.500. The van der Waals surface area contributed by atoms with Crippen LogP contribution >= 0.6 is 0 Å². The Bertz CT molecular complexity index is 429. The smallest absolute Gasteiger partial charge is 0.257 e. The van der Waals surface area contributed by atoms with Gasteiger partial charge in [-0.15, -0.1) is 0 Å². The topological polar surface area (TPSA) is 33.2 Å². The predicted molar refractivity (Wildman–Crippen MR) is 58.5 cm³/mol. The van der Waals surface area contributed by atoms with Gasteiger partial charge in [-0.25, -0.2) is 9.37 Å². The molecule has 1 aromatic heterocycles. The zero-order valence-corrected chi connectivity index (χ0v) is 9.62. The second-order valence-electron chi connectivity index (χ2n) is 4.44. The SMILES string of the molecule is CC1CCN(C(=O)c2ccnc(F)c2F)CC1. The Morgan fingerprint density at radius 3 is 2.71 bits per heavy atom. The Morgan fingerprint density at radius 2 is 2.06 bits per heavy atom. The maximum Gasteiger partial charge on any atom is 0.257 e. The van der Waals surface area contributed by atoms with Gasteiger partial charge in [-0.1, -0.05) is 6.92 Å². The summed E-state index contributed by atoms with van der Waals surface area (Å²) in [5, 5.41) is 0. The van der Waals surface area contributed by atoms with Crippen molar-refractivity contribution in [2.45, 2.75) is 19.8 Å². The molecule has 0 atom stereocenters. The third kappa shape index (κ3) is 2.43. The molecule has 1 aliphatic heterocycles. The zero-order chi connectivity index (χ0) is 12.4. The first kappa shape index (κ1) is 12.0. The molecule has 0 aliphatic carbocycles. The number of likely N-dealkylation sites (tertiary alicyclic amines) is 1. The van der Waals surface area contributed by atoms with Crippen LogP contribution in [0.2, 0.25) is 0 Å². The van der Waals surface area contributed by atoms with E-state index in [0.29, 0.717) is 19.0 Å². The monoisotopic (exact) mass is 240 g/mol. The van der Waals surface area contributed by atoms with Crippen molar-refractivity contribution in [1.82, 2.24) is 9.88 Å². The van der Waals surface area contributed by atoms with Gasteiger partial charge in [0.2, 0.25) is 5.95 Å². The van der Waals surface area contributed by atoms with Gasteiger partial charge in [0.15, 0.2) is 5.82 Å². The van der Waals surface area contributed by atoms with Gasteiger partial charge in [0.1, 0.15) is 0 Å². The molecule has 92 valence electrons. The molecule has 3 nitrogen and oxygen atoms in total. The largest absolute Gasteiger partial charge is 0.339 e. The molecule has 0 radical (unpaired) electrons. The molecule has 1 aromatic rings. The third-order valence-electron chi connectivity index (χ3n) is 3.15. The van der Waals surface area contributed by atoms with Crippen molar-refractivity contribution in [3.05, 3.63) is 29.6 Å². The first-order chi connectivity index (χ1) is 8.09. The number of pyridine rings is 1. The number of nitrogens with zero attached hydrogens (tertiary/aromatic N) is 2. The fourth-order valence-corrected chi connectivity index (χ4v) is 1.97. The van der Waals surface area contributed by atoms with Gasteiger partial charge in [-0.2, -0.15) is 4.39 Å². The number of halogens is 2. The highest BCUT2D eigenvalue weighted by molar-refractivity contribution is 5.94. The van der Waals surface area contributed by atoms with Gasteiger partial charge in [0.25, 0.3) is 5.91 Å². The number of hydrogen-bond donors (Lipinski definition) is 0. The summed E-state index contributed by atoms with van der Waals surface area (Å²) in [6, 6.07) is 1.22. The van der Waals surface area contributed by atoms with Gasteiger partial charge < -0.3 is 4.90 Å². The van der Waals surface area contributed by atoms with E-state index >= 15 is 0 Å². The van der Waals surface area contributed by atoms with E-state index in [1.807, 2.05) is 0 Å². The number of aromatic nitrogens is 1. The molecule has 1 aliphatic rings. The highest BCUT2D eigenvalue weighted by atomic mass is 19.2. The minimum atomic E-state index is -1.22. The van der Waals surface area contributed by atoms with Gasteiger partial charge >= 0.3 is 0 Å². The van der Waals surface area contributed by atoms with Crippen LogP contribution in [0, 0.1) is 17.7 Å². The Hall–Kier alpha value is -1.52. The minimum absolute atomic E-state index is 0.230. The standard InChI is InChI=1S/C12H14F2N2O/c1-8-3-6-16(7-4-8)12(17)9-2-5-15-11(14)10(9)13/h2,5,8H,3-4,6-7H2,1H3. The first-order valence-electron chi connectivity index (χ1n) is 5.69. The normalized spacial score (nSPS) is 17.2. The Morgan fingerprint density at radius 1 is 1.41 bits per heavy atom. The first-order valence-corrected chi connectivity index (χ1v) is 5.69. The number of rotatable bonds is 1. The molecule has 5 heteroatoms. The fourth-order valence-electron chi connectivity index (χ4n) is 1.97. The Balaban J connectivity index is 2.17. The van der Waals surface area contributed by atoms with E-state index in [-0.39, 0.29) is 5.56 Å². The summed E-state index contributed by atoms with van der Waals surface area (Å²) in [6.45, 7) is 3.32. The molecular weight excluding hydrogens is 226 g/mol. The molecule has 1 saturated heterocycles. The molecule has 0 bridgehead atoms. The van der Waals surface area contributed by atoms with Crippen molar-refractivity contribution >= 4 is 5.91 Å². The summed E-state index contributed by atoms with van der Waals surface area (Å²) in [7, 11) is 0. The Labute approximate surface area is 98.5 Å². The van der Waals surface area contributed by atoms with Crippen LogP contribution < -0.4 is 0 Å². The third-order valence-corrected chi connectivity index (χ3v) is 3.15. The molecule has 17 heavy (non-hydrogen) atoms. The lowest BCUT2D eigenvalue weighted by molar-refractivity contribution is 0.0691. The van der Waals surface area contributed by atoms with Gasteiger partial charge in [-0.05, 0) is 24.8 Å². The summed E-state index contributed by atoms with van der Waals surface area (Å²) >= 11 is 0. The van der Waals surface area contributed by atoms with Crippen molar-refractivity contribution in [3.63, 3.8) is 0 Å². The molecule has 0 saturated carbocycles. The quantitative estimate of drug-likeness (QED) is 0.705. The molecule has 0 N–H and O–H groups in total. The van der Waals surface area contributed by atoms with Gasteiger partial charge in [0, 0.05) is 19.3 Å². The van der Waals surface area contributed by atoms with Crippen LogP contribution in [0.5, 0.6) is 0 Å². The molecular formula is C12H14F2N2O. The van der Waals surface area contributed by atoms with Gasteiger partial charge in [0.05, 0.1) is 5.56 Å². The van der Waals surface area contributed by atoms with Crippen molar-refractivity contribution in [2.75, 3.05) is 13.1 Å². The zero-order valence-electron chi connectivity index (χ0n) is 9.62. The lowest BCUT2D eigenvalue weighted by Crippen LogP contribution is -2.38. The number of carbonyl (C=O) groups excluding carboxylic acids is 1. The van der Waals surface area contributed by atoms with E-state index in [4.69, 9.17) is 0 Å². The molecule has 2 heterocycles. The van der Waals surface area contributed by atoms with E-state index in [0.717, 1.165) is 19.0 Å². The van der Waals surface area contributed by atoms with E-state index in [1.165, 1.54) is 6.07 Å².